The van der Waals surface area contributed by atoms with E-state index in [0.717, 1.165) is 38.1 Å². The molecule has 0 bridgehead atoms. The second-order valence-electron chi connectivity index (χ2n) is 6.29. The lowest BCUT2D eigenvalue weighted by Gasteiger charge is -2.07. The number of nitrogens with two attached hydrogens (primary N) is 1. The molecule has 0 aliphatic carbocycles. The highest BCUT2D eigenvalue weighted by atomic mass is 15.2. The minimum absolute atomic E-state index is 0.324. The lowest BCUT2D eigenvalue weighted by molar-refractivity contribution is 0.562. The van der Waals surface area contributed by atoms with Crippen molar-refractivity contribution < 1.29 is 0 Å². The molecule has 0 saturated heterocycles. The Labute approximate surface area is 141 Å². The maximum absolute atomic E-state index is 5.77. The van der Waals surface area contributed by atoms with Gasteiger partial charge in [0.25, 0.3) is 0 Å². The molecule has 5 heteroatoms. The van der Waals surface area contributed by atoms with Crippen LogP contribution in [0.5, 0.6) is 0 Å². The summed E-state index contributed by atoms with van der Waals surface area (Å²) in [5.74, 6) is 1.77. The second-order valence-corrected chi connectivity index (χ2v) is 6.29. The average Bonchev–Trinajstić information content (AvgIpc) is 2.53. The molecule has 0 unspecified atom stereocenters. The van der Waals surface area contributed by atoms with E-state index < -0.39 is 0 Å². The molecule has 0 amide bonds. The molecule has 0 aromatic carbocycles. The normalized spacial score (nSPS) is 10.9. The molecule has 5 nitrogen and oxygen atoms in total. The van der Waals surface area contributed by atoms with Crippen molar-refractivity contribution in [2.45, 2.75) is 90.9 Å². The van der Waals surface area contributed by atoms with Crippen LogP contribution >= 0.6 is 0 Å². The summed E-state index contributed by atoms with van der Waals surface area (Å²) in [6.45, 7) is 5.31. The summed E-state index contributed by atoms with van der Waals surface area (Å²) in [6, 6.07) is 0. The summed E-state index contributed by atoms with van der Waals surface area (Å²) in [7, 11) is 0. The molecule has 0 aliphatic heterocycles. The Morgan fingerprint density at radius 1 is 0.739 bits per heavy atom. The number of aromatic nitrogens is 3. The van der Waals surface area contributed by atoms with Crippen molar-refractivity contribution in [1.29, 1.82) is 0 Å². The van der Waals surface area contributed by atoms with Crippen LogP contribution in [0.1, 0.15) is 90.3 Å². The molecule has 0 fully saturated rings. The molecule has 0 radical (unpaired) electrons. The number of nitrogens with zero attached hydrogens (tertiary/aromatic N) is 3. The number of nitrogens with one attached hydrogen (secondary N) is 1. The fourth-order valence-electron chi connectivity index (χ4n) is 2.60. The molecule has 1 heterocycles. The summed E-state index contributed by atoms with van der Waals surface area (Å²) in [5, 5.41) is 3.22. The van der Waals surface area contributed by atoms with E-state index in [-0.39, 0.29) is 0 Å². The van der Waals surface area contributed by atoms with Gasteiger partial charge in [-0.3, -0.25) is 0 Å². The van der Waals surface area contributed by atoms with Gasteiger partial charge in [-0.15, -0.1) is 0 Å². The smallest absolute Gasteiger partial charge is 0.227 e. The quantitative estimate of drug-likeness (QED) is 0.484. The first-order chi connectivity index (χ1) is 11.3. The Morgan fingerprint density at radius 2 is 1.35 bits per heavy atom. The third-order valence-electron chi connectivity index (χ3n) is 4.02. The van der Waals surface area contributed by atoms with Crippen molar-refractivity contribution in [2.75, 3.05) is 17.6 Å². The molecule has 0 spiro atoms. The Morgan fingerprint density at radius 3 is 2.00 bits per heavy atom. The van der Waals surface area contributed by atoms with Gasteiger partial charge in [0, 0.05) is 13.0 Å². The zero-order valence-electron chi connectivity index (χ0n) is 15.1. The summed E-state index contributed by atoms with van der Waals surface area (Å²) in [5.41, 5.74) is 5.77. The van der Waals surface area contributed by atoms with E-state index in [2.05, 4.69) is 34.1 Å². The Hall–Kier alpha value is -1.39. The number of hydrogen-bond donors (Lipinski definition) is 2. The van der Waals surface area contributed by atoms with Gasteiger partial charge in [-0.1, -0.05) is 71.6 Å². The van der Waals surface area contributed by atoms with Crippen LogP contribution in [0.2, 0.25) is 0 Å². The number of rotatable bonds is 14. The number of aryl methyl sites for hydroxylation is 1. The number of anilines is 2. The Balaban J connectivity index is 2.16. The third-order valence-corrected chi connectivity index (χ3v) is 4.02. The van der Waals surface area contributed by atoms with Gasteiger partial charge in [0.1, 0.15) is 5.82 Å². The number of unbranched alkanes of at least 4 members (excludes halogenated alkanes) is 9. The molecule has 132 valence electrons. The standard InChI is InChI=1S/C18H35N5/c1-3-5-7-8-9-10-11-12-13-14-16-21-17(19)23-18(22-16)20-15-6-4-2/h3-15H2,1-2H3,(H3,19,20,21,22,23). The number of nitrogen functional groups attached to an aromatic ring is 1. The fraction of sp³-hybridized carbons (Fsp3) is 0.833. The molecule has 0 atom stereocenters. The largest absolute Gasteiger partial charge is 0.368 e. The van der Waals surface area contributed by atoms with Crippen LogP contribution < -0.4 is 11.1 Å². The van der Waals surface area contributed by atoms with Crippen molar-refractivity contribution >= 4 is 11.9 Å². The van der Waals surface area contributed by atoms with E-state index in [1.807, 2.05) is 0 Å². The van der Waals surface area contributed by atoms with Gasteiger partial charge in [0.2, 0.25) is 11.9 Å². The maximum atomic E-state index is 5.77. The van der Waals surface area contributed by atoms with E-state index in [9.17, 15) is 0 Å². The van der Waals surface area contributed by atoms with E-state index >= 15 is 0 Å². The zero-order chi connectivity index (χ0) is 16.8. The lowest BCUT2D eigenvalue weighted by Crippen LogP contribution is -2.10. The van der Waals surface area contributed by atoms with Crippen LogP contribution in [0.25, 0.3) is 0 Å². The highest BCUT2D eigenvalue weighted by Gasteiger charge is 2.04. The molecule has 0 saturated carbocycles. The minimum atomic E-state index is 0.324. The van der Waals surface area contributed by atoms with Crippen molar-refractivity contribution in [3.8, 4) is 0 Å². The zero-order valence-corrected chi connectivity index (χ0v) is 15.1. The van der Waals surface area contributed by atoms with Crippen molar-refractivity contribution in [3.63, 3.8) is 0 Å². The van der Waals surface area contributed by atoms with Gasteiger partial charge in [0.15, 0.2) is 0 Å². The molecule has 1 rings (SSSR count). The summed E-state index contributed by atoms with van der Waals surface area (Å²) in [4.78, 5) is 12.8. The predicted octanol–water partition coefficient (Wildman–Crippen LogP) is 4.74. The molecule has 3 N–H and O–H groups in total. The van der Waals surface area contributed by atoms with Gasteiger partial charge in [-0.25, -0.2) is 0 Å². The van der Waals surface area contributed by atoms with E-state index in [1.54, 1.807) is 0 Å². The predicted molar refractivity (Wildman–Crippen MR) is 98.6 cm³/mol. The van der Waals surface area contributed by atoms with Crippen molar-refractivity contribution in [2.24, 2.45) is 0 Å². The van der Waals surface area contributed by atoms with Crippen molar-refractivity contribution in [1.82, 2.24) is 15.0 Å². The summed E-state index contributed by atoms with van der Waals surface area (Å²) in [6.07, 6.45) is 15.1. The van der Waals surface area contributed by atoms with Crippen LogP contribution in [0.3, 0.4) is 0 Å². The first-order valence-electron chi connectivity index (χ1n) is 9.50. The van der Waals surface area contributed by atoms with E-state index in [0.29, 0.717) is 11.9 Å². The number of hydrogen-bond acceptors (Lipinski definition) is 5. The van der Waals surface area contributed by atoms with Crippen LogP contribution in [0.15, 0.2) is 0 Å². The first-order valence-corrected chi connectivity index (χ1v) is 9.50. The van der Waals surface area contributed by atoms with Crippen LogP contribution in [-0.2, 0) is 6.42 Å². The Kier molecular flexibility index (Phi) is 11.2. The summed E-state index contributed by atoms with van der Waals surface area (Å²) < 4.78 is 0. The monoisotopic (exact) mass is 321 g/mol. The molecular weight excluding hydrogens is 286 g/mol. The second kappa shape index (κ2) is 13.1. The molecule has 0 aliphatic rings. The van der Waals surface area contributed by atoms with Gasteiger partial charge in [-0.2, -0.15) is 15.0 Å². The highest BCUT2D eigenvalue weighted by Crippen LogP contribution is 2.11. The Bertz CT molecular complexity index is 408. The molecule has 23 heavy (non-hydrogen) atoms. The van der Waals surface area contributed by atoms with E-state index in [1.165, 1.54) is 51.4 Å². The van der Waals surface area contributed by atoms with Gasteiger partial charge in [-0.05, 0) is 12.8 Å². The SMILES string of the molecule is CCCCCCCCCCCc1nc(N)nc(NCCCC)n1. The minimum Gasteiger partial charge on any atom is -0.368 e. The molecular formula is C18H35N5. The van der Waals surface area contributed by atoms with Crippen molar-refractivity contribution in [3.05, 3.63) is 5.82 Å². The first kappa shape index (κ1) is 19.7. The summed E-state index contributed by atoms with van der Waals surface area (Å²) >= 11 is 0. The van der Waals surface area contributed by atoms with Crippen LogP contribution in [0, 0.1) is 0 Å². The average molecular weight is 322 g/mol. The molecule has 1 aromatic rings. The van der Waals surface area contributed by atoms with Crippen LogP contribution in [0.4, 0.5) is 11.9 Å². The fourth-order valence-corrected chi connectivity index (χ4v) is 2.60. The third kappa shape index (κ3) is 10.1. The van der Waals surface area contributed by atoms with Gasteiger partial charge >= 0.3 is 0 Å². The van der Waals surface area contributed by atoms with Gasteiger partial charge < -0.3 is 11.1 Å². The lowest BCUT2D eigenvalue weighted by atomic mass is 10.1. The molecule has 1 aromatic heterocycles. The van der Waals surface area contributed by atoms with E-state index in [4.69, 9.17) is 5.73 Å². The maximum Gasteiger partial charge on any atom is 0.227 e. The van der Waals surface area contributed by atoms with Gasteiger partial charge in [0.05, 0.1) is 0 Å². The highest BCUT2D eigenvalue weighted by molar-refractivity contribution is 5.30. The topological polar surface area (TPSA) is 76.7 Å². The van der Waals surface area contributed by atoms with Crippen LogP contribution in [-0.4, -0.2) is 21.5 Å².